The van der Waals surface area contributed by atoms with E-state index in [1.165, 1.54) is 0 Å². The zero-order valence-electron chi connectivity index (χ0n) is 9.96. The van der Waals surface area contributed by atoms with Crippen LogP contribution in [0.25, 0.3) is 0 Å². The second-order valence-electron chi connectivity index (χ2n) is 3.88. The third kappa shape index (κ3) is 4.42. The van der Waals surface area contributed by atoms with Gasteiger partial charge in [-0.2, -0.15) is 0 Å². The van der Waals surface area contributed by atoms with Crippen molar-refractivity contribution in [2.75, 3.05) is 27.2 Å². The van der Waals surface area contributed by atoms with Crippen molar-refractivity contribution >= 4 is 5.97 Å². The summed E-state index contributed by atoms with van der Waals surface area (Å²) >= 11 is 0. The largest absolute Gasteiger partial charge is 0.497 e. The second-order valence-corrected chi connectivity index (χ2v) is 3.88. The molecule has 1 aromatic carbocycles. The molecule has 5 heteroatoms. The number of likely N-dealkylation sites (N-methyl/N-ethyl adjacent to an activating group) is 1. The highest BCUT2D eigenvalue weighted by molar-refractivity contribution is 5.69. The Morgan fingerprint density at radius 1 is 1.41 bits per heavy atom. The van der Waals surface area contributed by atoms with Crippen LogP contribution < -0.4 is 4.74 Å². The maximum atomic E-state index is 10.5. The molecule has 0 bridgehead atoms. The molecule has 0 aliphatic carbocycles. The molecule has 0 radical (unpaired) electrons. The van der Waals surface area contributed by atoms with E-state index in [1.807, 2.05) is 0 Å². The smallest absolute Gasteiger partial charge is 0.317 e. The van der Waals surface area contributed by atoms with Crippen LogP contribution in [0, 0.1) is 0 Å². The quantitative estimate of drug-likeness (QED) is 0.766. The molecule has 94 valence electrons. The fourth-order valence-electron chi connectivity index (χ4n) is 1.52. The van der Waals surface area contributed by atoms with Crippen molar-refractivity contribution in [3.63, 3.8) is 0 Å². The van der Waals surface area contributed by atoms with E-state index >= 15 is 0 Å². The molecule has 0 aliphatic heterocycles. The van der Waals surface area contributed by atoms with Gasteiger partial charge in [0.2, 0.25) is 0 Å². The minimum absolute atomic E-state index is 0.0901. The molecule has 0 amide bonds. The Bertz CT molecular complexity index is 363. The van der Waals surface area contributed by atoms with Crippen molar-refractivity contribution < 1.29 is 19.7 Å². The topological polar surface area (TPSA) is 70.0 Å². The molecule has 1 atom stereocenters. The molecule has 5 nitrogen and oxygen atoms in total. The van der Waals surface area contributed by atoms with Gasteiger partial charge in [-0.15, -0.1) is 0 Å². The zero-order chi connectivity index (χ0) is 12.8. The molecule has 0 heterocycles. The molecular weight excluding hydrogens is 222 g/mol. The van der Waals surface area contributed by atoms with Crippen LogP contribution in [0.4, 0.5) is 0 Å². The predicted molar refractivity (Wildman–Crippen MR) is 63.1 cm³/mol. The van der Waals surface area contributed by atoms with Crippen molar-refractivity contribution in [2.24, 2.45) is 0 Å². The molecule has 0 aliphatic rings. The highest BCUT2D eigenvalue weighted by atomic mass is 16.5. The summed E-state index contributed by atoms with van der Waals surface area (Å²) in [4.78, 5) is 12.0. The van der Waals surface area contributed by atoms with E-state index in [9.17, 15) is 9.90 Å². The van der Waals surface area contributed by atoms with Gasteiger partial charge in [0.1, 0.15) is 5.75 Å². The van der Waals surface area contributed by atoms with Gasteiger partial charge in [0, 0.05) is 6.54 Å². The zero-order valence-corrected chi connectivity index (χ0v) is 9.96. The normalized spacial score (nSPS) is 12.5. The molecule has 2 N–H and O–H groups in total. The lowest BCUT2D eigenvalue weighted by atomic mass is 10.1. The number of aliphatic hydroxyl groups is 1. The summed E-state index contributed by atoms with van der Waals surface area (Å²) in [6, 6.07) is 7.04. The monoisotopic (exact) mass is 239 g/mol. The van der Waals surface area contributed by atoms with Crippen LogP contribution in [0.2, 0.25) is 0 Å². The van der Waals surface area contributed by atoms with Crippen LogP contribution in [-0.2, 0) is 4.79 Å². The van der Waals surface area contributed by atoms with Crippen molar-refractivity contribution in [1.82, 2.24) is 4.90 Å². The minimum Gasteiger partial charge on any atom is -0.497 e. The van der Waals surface area contributed by atoms with Crippen molar-refractivity contribution in [3.8, 4) is 5.75 Å². The molecule has 1 rings (SSSR count). The lowest BCUT2D eigenvalue weighted by Crippen LogP contribution is -2.29. The summed E-state index contributed by atoms with van der Waals surface area (Å²) in [5.41, 5.74) is 0.739. The average Bonchev–Trinajstić information content (AvgIpc) is 2.28. The van der Waals surface area contributed by atoms with Crippen LogP contribution >= 0.6 is 0 Å². The second kappa shape index (κ2) is 6.22. The Morgan fingerprint density at radius 2 is 2.00 bits per heavy atom. The Hall–Kier alpha value is -1.59. The fraction of sp³-hybridized carbons (Fsp3) is 0.417. The Balaban J connectivity index is 2.56. The first-order chi connectivity index (χ1) is 8.02. The summed E-state index contributed by atoms with van der Waals surface area (Å²) < 4.78 is 5.01. The Kier molecular flexibility index (Phi) is 4.93. The van der Waals surface area contributed by atoms with Gasteiger partial charge in [0.05, 0.1) is 19.8 Å². The Labute approximate surface area is 100 Å². The van der Waals surface area contributed by atoms with Crippen LogP contribution in [0.1, 0.15) is 11.7 Å². The van der Waals surface area contributed by atoms with Gasteiger partial charge in [-0.25, -0.2) is 0 Å². The van der Waals surface area contributed by atoms with Crippen LogP contribution in [0.3, 0.4) is 0 Å². The van der Waals surface area contributed by atoms with Gasteiger partial charge < -0.3 is 14.9 Å². The summed E-state index contributed by atoms with van der Waals surface area (Å²) in [5, 5.41) is 18.5. The van der Waals surface area contributed by atoms with Gasteiger partial charge in [0.25, 0.3) is 0 Å². The first-order valence-electron chi connectivity index (χ1n) is 5.25. The van der Waals surface area contributed by atoms with E-state index in [2.05, 4.69) is 0 Å². The molecule has 0 saturated heterocycles. The number of methoxy groups -OCH3 is 1. The molecule has 0 saturated carbocycles. The summed E-state index contributed by atoms with van der Waals surface area (Å²) in [6.07, 6.45) is -0.703. The molecule has 17 heavy (non-hydrogen) atoms. The maximum Gasteiger partial charge on any atom is 0.317 e. The lowest BCUT2D eigenvalue weighted by Gasteiger charge is -2.19. The number of benzene rings is 1. The minimum atomic E-state index is -0.908. The van der Waals surface area contributed by atoms with Crippen LogP contribution in [0.15, 0.2) is 24.3 Å². The number of carbonyl (C=O) groups is 1. The SMILES string of the molecule is COc1ccc(C(O)CN(C)CC(=O)O)cc1. The molecule has 0 spiro atoms. The first-order valence-corrected chi connectivity index (χ1v) is 5.25. The van der Waals surface area contributed by atoms with Gasteiger partial charge in [0.15, 0.2) is 0 Å². The summed E-state index contributed by atoms with van der Waals surface area (Å²) in [7, 11) is 3.23. The van der Waals surface area contributed by atoms with E-state index in [0.29, 0.717) is 0 Å². The highest BCUT2D eigenvalue weighted by Gasteiger charge is 2.12. The number of carboxylic acid groups (broad SMARTS) is 1. The Morgan fingerprint density at radius 3 is 2.47 bits per heavy atom. The standard InChI is InChI=1S/C12H17NO4/c1-13(8-12(15)16)7-11(14)9-3-5-10(17-2)6-4-9/h3-6,11,14H,7-8H2,1-2H3,(H,15,16). The predicted octanol–water partition coefficient (Wildman–Crippen LogP) is 0.745. The van der Waals surface area contributed by atoms with E-state index in [1.54, 1.807) is 43.3 Å². The van der Waals surface area contributed by atoms with E-state index < -0.39 is 12.1 Å². The van der Waals surface area contributed by atoms with Crippen molar-refractivity contribution in [3.05, 3.63) is 29.8 Å². The number of ether oxygens (including phenoxy) is 1. The molecule has 0 aromatic heterocycles. The number of aliphatic hydroxyl groups excluding tert-OH is 1. The highest BCUT2D eigenvalue weighted by Crippen LogP contribution is 2.17. The number of carboxylic acids is 1. The van der Waals surface area contributed by atoms with Gasteiger partial charge in [-0.3, -0.25) is 9.69 Å². The van der Waals surface area contributed by atoms with Gasteiger partial charge in [-0.1, -0.05) is 12.1 Å². The first kappa shape index (κ1) is 13.5. The van der Waals surface area contributed by atoms with Crippen LogP contribution in [0.5, 0.6) is 5.75 Å². The summed E-state index contributed by atoms with van der Waals surface area (Å²) in [5.74, 6) is -0.186. The fourth-order valence-corrected chi connectivity index (χ4v) is 1.52. The average molecular weight is 239 g/mol. The van der Waals surface area contributed by atoms with Crippen LogP contribution in [-0.4, -0.2) is 48.3 Å². The van der Waals surface area contributed by atoms with E-state index in [4.69, 9.17) is 9.84 Å². The van der Waals surface area contributed by atoms with Gasteiger partial charge >= 0.3 is 5.97 Å². The van der Waals surface area contributed by atoms with Gasteiger partial charge in [-0.05, 0) is 24.7 Å². The maximum absolute atomic E-state index is 10.5. The number of aliphatic carboxylic acids is 1. The summed E-state index contributed by atoms with van der Waals surface area (Å²) in [6.45, 7) is 0.186. The lowest BCUT2D eigenvalue weighted by molar-refractivity contribution is -0.138. The number of hydrogen-bond acceptors (Lipinski definition) is 4. The van der Waals surface area contributed by atoms with Crippen molar-refractivity contribution in [2.45, 2.75) is 6.10 Å². The third-order valence-electron chi connectivity index (χ3n) is 2.39. The van der Waals surface area contributed by atoms with E-state index in [-0.39, 0.29) is 13.1 Å². The molecule has 1 unspecified atom stereocenters. The number of rotatable bonds is 6. The molecule has 1 aromatic rings. The molecular formula is C12H17NO4. The van der Waals surface area contributed by atoms with Crippen molar-refractivity contribution in [1.29, 1.82) is 0 Å². The molecule has 0 fully saturated rings. The third-order valence-corrected chi connectivity index (χ3v) is 2.39. The van der Waals surface area contributed by atoms with E-state index in [0.717, 1.165) is 11.3 Å². The number of nitrogens with zero attached hydrogens (tertiary/aromatic N) is 1. The number of hydrogen-bond donors (Lipinski definition) is 2.